The van der Waals surface area contributed by atoms with Gasteiger partial charge in [-0.1, -0.05) is 0 Å². The van der Waals surface area contributed by atoms with Gasteiger partial charge in [0.15, 0.2) is 0 Å². The zero-order valence-corrected chi connectivity index (χ0v) is 8.07. The Kier molecular flexibility index (Phi) is 2.47. The molecule has 0 saturated carbocycles. The van der Waals surface area contributed by atoms with Gasteiger partial charge in [0, 0.05) is 24.5 Å². The van der Waals surface area contributed by atoms with E-state index in [0.29, 0.717) is 4.73 Å². The van der Waals surface area contributed by atoms with Crippen LogP contribution in [0.3, 0.4) is 0 Å². The Morgan fingerprint density at radius 1 is 1.12 bits per heavy atom. The highest BCUT2D eigenvalue weighted by Gasteiger charge is 2.13. The van der Waals surface area contributed by atoms with E-state index in [1.807, 2.05) is 0 Å². The highest BCUT2D eigenvalue weighted by molar-refractivity contribution is 5.89. The normalized spacial score (nSPS) is 10.0. The molecule has 0 aliphatic carbocycles. The predicted octanol–water partition coefficient (Wildman–Crippen LogP) is 0.563. The number of nitrogens with zero attached hydrogens (tertiary/aromatic N) is 2. The Bertz CT molecular complexity index is 487. The molecule has 2 rings (SSSR count). The molecule has 0 spiro atoms. The summed E-state index contributed by atoms with van der Waals surface area (Å²) in [6.07, 6.45) is 2.87. The fourth-order valence-electron chi connectivity index (χ4n) is 1.12. The molecule has 2 aromatic rings. The van der Waals surface area contributed by atoms with Gasteiger partial charge < -0.3 is 15.1 Å². The van der Waals surface area contributed by atoms with Crippen LogP contribution in [0.5, 0.6) is 11.8 Å². The molecule has 0 saturated heterocycles. The predicted molar refractivity (Wildman–Crippen MR) is 52.9 cm³/mol. The molecule has 0 atom stereocenters. The summed E-state index contributed by atoms with van der Waals surface area (Å²) in [6.45, 7) is 0. The van der Waals surface area contributed by atoms with E-state index in [0.717, 1.165) is 0 Å². The van der Waals surface area contributed by atoms with Crippen LogP contribution < -0.4 is 4.84 Å². The Morgan fingerprint density at radius 2 is 1.69 bits per heavy atom. The Labute approximate surface area is 90.3 Å². The minimum atomic E-state index is -0.704. The van der Waals surface area contributed by atoms with E-state index in [1.165, 1.54) is 36.7 Å². The lowest BCUT2D eigenvalue weighted by Gasteiger charge is -2.06. The van der Waals surface area contributed by atoms with Crippen molar-refractivity contribution >= 4 is 5.97 Å². The average molecular weight is 220 g/mol. The lowest BCUT2D eigenvalue weighted by Crippen LogP contribution is -2.18. The van der Waals surface area contributed by atoms with Crippen molar-refractivity contribution in [3.63, 3.8) is 0 Å². The minimum absolute atomic E-state index is 0.266. The number of rotatable bonds is 2. The van der Waals surface area contributed by atoms with E-state index in [-0.39, 0.29) is 17.3 Å². The first-order chi connectivity index (χ1) is 7.68. The number of hydrogen-bond acceptors (Lipinski definition) is 5. The molecule has 2 heterocycles. The maximum atomic E-state index is 11.5. The third-order valence-corrected chi connectivity index (χ3v) is 1.89. The molecule has 2 aromatic heterocycles. The molecule has 16 heavy (non-hydrogen) atoms. The summed E-state index contributed by atoms with van der Waals surface area (Å²) >= 11 is 0. The van der Waals surface area contributed by atoms with Crippen LogP contribution in [0.1, 0.15) is 10.4 Å². The van der Waals surface area contributed by atoms with Crippen LogP contribution in [-0.4, -0.2) is 25.9 Å². The van der Waals surface area contributed by atoms with Gasteiger partial charge in [0.2, 0.25) is 11.8 Å². The zero-order chi connectivity index (χ0) is 11.5. The molecule has 0 amide bonds. The average Bonchev–Trinajstić information content (AvgIpc) is 2.62. The van der Waals surface area contributed by atoms with Crippen molar-refractivity contribution in [3.8, 4) is 11.8 Å². The first-order valence-corrected chi connectivity index (χ1v) is 4.41. The van der Waals surface area contributed by atoms with E-state index < -0.39 is 5.97 Å². The lowest BCUT2D eigenvalue weighted by atomic mass is 10.3. The summed E-state index contributed by atoms with van der Waals surface area (Å²) in [5, 5.41) is 18.5. The number of carbonyl (C=O) groups excluding carboxylic acids is 1. The fourth-order valence-corrected chi connectivity index (χ4v) is 1.12. The summed E-state index contributed by atoms with van der Waals surface area (Å²) in [5.74, 6) is -1.43. The molecule has 0 radical (unpaired) electrons. The van der Waals surface area contributed by atoms with Gasteiger partial charge in [-0.25, -0.2) is 4.79 Å². The molecular weight excluding hydrogens is 212 g/mol. The van der Waals surface area contributed by atoms with Crippen LogP contribution in [-0.2, 0) is 0 Å². The van der Waals surface area contributed by atoms with E-state index in [4.69, 9.17) is 4.84 Å². The van der Waals surface area contributed by atoms with Crippen LogP contribution in [0.15, 0.2) is 36.7 Å². The Morgan fingerprint density at radius 3 is 2.25 bits per heavy atom. The maximum absolute atomic E-state index is 11.5. The van der Waals surface area contributed by atoms with Crippen molar-refractivity contribution in [1.82, 2.24) is 9.71 Å². The van der Waals surface area contributed by atoms with E-state index in [1.54, 1.807) is 0 Å². The number of aromatic nitrogens is 2. The van der Waals surface area contributed by atoms with Crippen molar-refractivity contribution < 1.29 is 19.8 Å². The lowest BCUT2D eigenvalue weighted by molar-refractivity contribution is 0.0381. The highest BCUT2D eigenvalue weighted by Crippen LogP contribution is 2.19. The van der Waals surface area contributed by atoms with Crippen LogP contribution in [0.4, 0.5) is 0 Å². The largest absolute Gasteiger partial charge is 0.492 e. The summed E-state index contributed by atoms with van der Waals surface area (Å²) in [6, 6.07) is 5.32. The SMILES string of the molecule is O=C(On1c(O)ccc1O)c1ccncc1. The van der Waals surface area contributed by atoms with Crippen molar-refractivity contribution in [1.29, 1.82) is 0 Å². The maximum Gasteiger partial charge on any atom is 0.364 e. The van der Waals surface area contributed by atoms with Gasteiger partial charge in [0.1, 0.15) is 0 Å². The van der Waals surface area contributed by atoms with Crippen LogP contribution >= 0.6 is 0 Å². The molecule has 0 bridgehead atoms. The topological polar surface area (TPSA) is 84.6 Å². The molecular formula is C10H8N2O4. The molecule has 0 fully saturated rings. The monoisotopic (exact) mass is 220 g/mol. The first kappa shape index (κ1) is 10.0. The molecule has 82 valence electrons. The quantitative estimate of drug-likeness (QED) is 0.772. The zero-order valence-electron chi connectivity index (χ0n) is 8.07. The molecule has 0 unspecified atom stereocenters. The van der Waals surface area contributed by atoms with Crippen molar-refractivity contribution in [2.75, 3.05) is 0 Å². The Hall–Kier alpha value is -2.50. The summed E-state index contributed by atoms with van der Waals surface area (Å²) in [4.78, 5) is 20.0. The minimum Gasteiger partial charge on any atom is -0.492 e. The second-order valence-electron chi connectivity index (χ2n) is 2.96. The molecule has 0 aromatic carbocycles. The molecule has 6 nitrogen and oxygen atoms in total. The van der Waals surface area contributed by atoms with Crippen LogP contribution in [0, 0.1) is 0 Å². The number of carbonyl (C=O) groups is 1. The van der Waals surface area contributed by atoms with Gasteiger partial charge in [0.25, 0.3) is 0 Å². The standard InChI is InChI=1S/C10H8N2O4/c13-8-1-2-9(14)12(8)16-10(15)7-3-5-11-6-4-7/h1-6,13-14H. The van der Waals surface area contributed by atoms with Gasteiger partial charge in [-0.05, 0) is 12.1 Å². The second-order valence-corrected chi connectivity index (χ2v) is 2.96. The third kappa shape index (κ3) is 1.81. The van der Waals surface area contributed by atoms with Crippen molar-refractivity contribution in [2.24, 2.45) is 0 Å². The summed E-state index contributed by atoms with van der Waals surface area (Å²) in [5.41, 5.74) is 0.266. The third-order valence-electron chi connectivity index (χ3n) is 1.89. The number of hydrogen-bond donors (Lipinski definition) is 2. The molecule has 0 aliphatic heterocycles. The molecule has 6 heteroatoms. The Balaban J connectivity index is 2.21. The van der Waals surface area contributed by atoms with Crippen LogP contribution in [0.25, 0.3) is 0 Å². The van der Waals surface area contributed by atoms with Gasteiger partial charge in [-0.3, -0.25) is 4.98 Å². The highest BCUT2D eigenvalue weighted by atomic mass is 16.7. The van der Waals surface area contributed by atoms with E-state index >= 15 is 0 Å². The number of pyridine rings is 1. The fraction of sp³-hybridized carbons (Fsp3) is 0. The van der Waals surface area contributed by atoms with Crippen LogP contribution in [0.2, 0.25) is 0 Å². The van der Waals surface area contributed by atoms with E-state index in [9.17, 15) is 15.0 Å². The first-order valence-electron chi connectivity index (χ1n) is 4.41. The van der Waals surface area contributed by atoms with Crippen molar-refractivity contribution in [2.45, 2.75) is 0 Å². The van der Waals surface area contributed by atoms with Crippen molar-refractivity contribution in [3.05, 3.63) is 42.2 Å². The second kappa shape index (κ2) is 3.93. The van der Waals surface area contributed by atoms with E-state index in [2.05, 4.69) is 4.98 Å². The van der Waals surface area contributed by atoms with Gasteiger partial charge in [-0.2, -0.15) is 0 Å². The molecule has 0 aliphatic rings. The van der Waals surface area contributed by atoms with Gasteiger partial charge in [0.05, 0.1) is 5.56 Å². The van der Waals surface area contributed by atoms with Gasteiger partial charge in [-0.15, -0.1) is 4.73 Å². The number of aromatic hydroxyl groups is 2. The summed E-state index contributed by atoms with van der Waals surface area (Å²) < 4.78 is 0.628. The smallest absolute Gasteiger partial charge is 0.364 e. The molecule has 2 N–H and O–H groups in total. The summed E-state index contributed by atoms with van der Waals surface area (Å²) in [7, 11) is 0. The van der Waals surface area contributed by atoms with Gasteiger partial charge >= 0.3 is 5.97 Å².